The molecule has 2 atom stereocenters. The summed E-state index contributed by atoms with van der Waals surface area (Å²) in [5.74, 6) is 0.721. The summed E-state index contributed by atoms with van der Waals surface area (Å²) in [5.41, 5.74) is 0. The van der Waals surface area contributed by atoms with E-state index in [1.165, 1.54) is 0 Å². The number of nitrogens with zero attached hydrogens (tertiary/aromatic N) is 1. The summed E-state index contributed by atoms with van der Waals surface area (Å²) in [6.45, 7) is 3.78. The molecule has 0 N–H and O–H groups in total. The monoisotopic (exact) mass is 249 g/mol. The summed E-state index contributed by atoms with van der Waals surface area (Å²) in [5, 5.41) is 0.414. The highest BCUT2D eigenvalue weighted by molar-refractivity contribution is 9.09. The number of carbonyl (C=O) groups excluding carboxylic acids is 1. The number of carbonyl (C=O) groups is 1. The van der Waals surface area contributed by atoms with E-state index in [9.17, 15) is 4.79 Å². The van der Waals surface area contributed by atoms with E-state index in [4.69, 9.17) is 4.74 Å². The van der Waals surface area contributed by atoms with E-state index in [0.29, 0.717) is 11.2 Å². The Labute approximate surface area is 87.6 Å². The number of likely N-dealkylation sites (tertiary alicyclic amines) is 1. The van der Waals surface area contributed by atoms with Crippen LogP contribution in [0.4, 0.5) is 0 Å². The van der Waals surface area contributed by atoms with Crippen molar-refractivity contribution in [2.45, 2.75) is 19.4 Å². The minimum atomic E-state index is 0.161. The number of rotatable bonds is 2. The maximum absolute atomic E-state index is 11.4. The third-order valence-corrected chi connectivity index (χ3v) is 3.14. The molecule has 3 nitrogen and oxygen atoms in total. The Hall–Kier alpha value is -0.0900. The number of amides is 1. The highest BCUT2D eigenvalue weighted by Crippen LogP contribution is 2.19. The molecule has 0 aliphatic carbocycles. The van der Waals surface area contributed by atoms with Crippen molar-refractivity contribution in [3.8, 4) is 0 Å². The lowest BCUT2D eigenvalue weighted by molar-refractivity contribution is -0.133. The van der Waals surface area contributed by atoms with Gasteiger partial charge in [-0.25, -0.2) is 0 Å². The molecule has 0 spiro atoms. The molecular weight excluding hydrogens is 234 g/mol. The van der Waals surface area contributed by atoms with E-state index in [2.05, 4.69) is 22.9 Å². The van der Waals surface area contributed by atoms with Gasteiger partial charge < -0.3 is 9.64 Å². The molecule has 0 saturated carbocycles. The van der Waals surface area contributed by atoms with Crippen LogP contribution in [-0.2, 0) is 9.53 Å². The summed E-state index contributed by atoms with van der Waals surface area (Å²) >= 11 is 3.18. The fourth-order valence-electron chi connectivity index (χ4n) is 1.65. The lowest BCUT2D eigenvalue weighted by Crippen LogP contribution is -2.47. The average Bonchev–Trinajstić information content (AvgIpc) is 2.17. The van der Waals surface area contributed by atoms with Crippen LogP contribution in [0.15, 0.2) is 0 Å². The van der Waals surface area contributed by atoms with Gasteiger partial charge in [0.25, 0.3) is 0 Å². The molecule has 4 heteroatoms. The molecule has 0 aromatic carbocycles. The normalized spacial score (nSPS) is 29.0. The zero-order valence-corrected chi connectivity index (χ0v) is 9.71. The van der Waals surface area contributed by atoms with Crippen LogP contribution in [0.2, 0.25) is 0 Å². The first-order chi connectivity index (χ1) is 6.19. The van der Waals surface area contributed by atoms with Gasteiger partial charge in [0.15, 0.2) is 0 Å². The van der Waals surface area contributed by atoms with Crippen molar-refractivity contribution in [2.24, 2.45) is 5.92 Å². The first-order valence-corrected chi connectivity index (χ1v) is 5.67. The second kappa shape index (κ2) is 4.96. The zero-order valence-electron chi connectivity index (χ0n) is 8.12. The van der Waals surface area contributed by atoms with Gasteiger partial charge in [-0.3, -0.25) is 4.79 Å². The molecule has 0 bridgehead atoms. The first-order valence-electron chi connectivity index (χ1n) is 4.55. The van der Waals surface area contributed by atoms with Crippen LogP contribution in [0, 0.1) is 5.92 Å². The summed E-state index contributed by atoms with van der Waals surface area (Å²) in [6, 6.07) is 0. The first kappa shape index (κ1) is 11.0. The Kier molecular flexibility index (Phi) is 4.19. The molecule has 1 aliphatic rings. The Bertz CT molecular complexity index is 186. The minimum Gasteiger partial charge on any atom is -0.379 e. The molecule has 1 amide bonds. The summed E-state index contributed by atoms with van der Waals surface area (Å²) in [6.07, 6.45) is 1.24. The number of methoxy groups -OCH3 is 1. The maximum Gasteiger partial charge on any atom is 0.233 e. The number of halogens is 1. The molecular formula is C9H16BrNO2. The Balaban J connectivity index is 2.49. The van der Waals surface area contributed by atoms with Gasteiger partial charge in [-0.2, -0.15) is 0 Å². The molecule has 1 saturated heterocycles. The van der Waals surface area contributed by atoms with Gasteiger partial charge in [-0.05, 0) is 12.3 Å². The maximum atomic E-state index is 11.4. The molecule has 0 aromatic rings. The number of alkyl halides is 1. The van der Waals surface area contributed by atoms with E-state index in [1.54, 1.807) is 7.11 Å². The van der Waals surface area contributed by atoms with Gasteiger partial charge in [0.05, 0.1) is 11.4 Å². The van der Waals surface area contributed by atoms with Gasteiger partial charge in [0, 0.05) is 20.2 Å². The summed E-state index contributed by atoms with van der Waals surface area (Å²) < 4.78 is 5.32. The van der Waals surface area contributed by atoms with Gasteiger partial charge in [-0.1, -0.05) is 22.9 Å². The van der Waals surface area contributed by atoms with E-state index in [1.807, 2.05) is 4.90 Å². The largest absolute Gasteiger partial charge is 0.379 e. The average molecular weight is 250 g/mol. The van der Waals surface area contributed by atoms with Crippen LogP contribution in [0.3, 0.4) is 0 Å². The second-order valence-corrected chi connectivity index (χ2v) is 4.07. The predicted octanol–water partition coefficient (Wildman–Crippen LogP) is 1.26. The van der Waals surface area contributed by atoms with Crippen molar-refractivity contribution in [1.82, 2.24) is 4.90 Å². The van der Waals surface area contributed by atoms with Crippen molar-refractivity contribution >= 4 is 21.8 Å². The van der Waals surface area contributed by atoms with Crippen LogP contribution in [0.25, 0.3) is 0 Å². The smallest absolute Gasteiger partial charge is 0.233 e. The molecule has 2 unspecified atom stereocenters. The van der Waals surface area contributed by atoms with Crippen molar-refractivity contribution in [3.63, 3.8) is 0 Å². The molecule has 0 aromatic heterocycles. The molecule has 13 heavy (non-hydrogen) atoms. The Morgan fingerprint density at radius 1 is 1.69 bits per heavy atom. The number of ether oxygens (including phenoxy) is 1. The molecule has 1 heterocycles. The van der Waals surface area contributed by atoms with Gasteiger partial charge in [-0.15, -0.1) is 0 Å². The fraction of sp³-hybridized carbons (Fsp3) is 0.889. The van der Waals surface area contributed by atoms with E-state index in [0.717, 1.165) is 19.5 Å². The van der Waals surface area contributed by atoms with Gasteiger partial charge in [0.1, 0.15) is 0 Å². The molecule has 1 rings (SSSR count). The van der Waals surface area contributed by atoms with Crippen LogP contribution >= 0.6 is 15.9 Å². The van der Waals surface area contributed by atoms with Gasteiger partial charge >= 0.3 is 0 Å². The minimum absolute atomic E-state index is 0.161. The Morgan fingerprint density at radius 3 is 2.92 bits per heavy atom. The SMILES string of the molecule is COC1CN(C(=O)CBr)CCC1C. The summed E-state index contributed by atoms with van der Waals surface area (Å²) in [4.78, 5) is 13.2. The van der Waals surface area contributed by atoms with E-state index < -0.39 is 0 Å². The molecule has 1 fully saturated rings. The lowest BCUT2D eigenvalue weighted by Gasteiger charge is -2.35. The number of piperidine rings is 1. The third-order valence-electron chi connectivity index (χ3n) is 2.66. The van der Waals surface area contributed by atoms with Crippen LogP contribution in [-0.4, -0.2) is 42.4 Å². The predicted molar refractivity (Wildman–Crippen MR) is 55.0 cm³/mol. The molecule has 76 valence electrons. The topological polar surface area (TPSA) is 29.5 Å². The Morgan fingerprint density at radius 2 is 2.38 bits per heavy atom. The molecule has 0 radical (unpaired) electrons. The van der Waals surface area contributed by atoms with E-state index >= 15 is 0 Å². The highest BCUT2D eigenvalue weighted by Gasteiger charge is 2.27. The van der Waals surface area contributed by atoms with Crippen LogP contribution in [0.1, 0.15) is 13.3 Å². The quantitative estimate of drug-likeness (QED) is 0.690. The number of hydrogen-bond acceptors (Lipinski definition) is 2. The summed E-state index contributed by atoms with van der Waals surface area (Å²) in [7, 11) is 1.71. The third kappa shape index (κ3) is 2.68. The molecule has 1 aliphatic heterocycles. The van der Waals surface area contributed by atoms with Crippen molar-refractivity contribution in [2.75, 3.05) is 25.5 Å². The fourth-order valence-corrected chi connectivity index (χ4v) is 2.01. The van der Waals surface area contributed by atoms with Gasteiger partial charge in [0.2, 0.25) is 5.91 Å². The number of hydrogen-bond donors (Lipinski definition) is 0. The van der Waals surface area contributed by atoms with E-state index in [-0.39, 0.29) is 12.0 Å². The lowest BCUT2D eigenvalue weighted by atomic mass is 9.96. The second-order valence-electron chi connectivity index (χ2n) is 3.51. The zero-order chi connectivity index (χ0) is 9.84. The van der Waals surface area contributed by atoms with Crippen molar-refractivity contribution in [1.29, 1.82) is 0 Å². The highest BCUT2D eigenvalue weighted by atomic mass is 79.9. The van der Waals surface area contributed by atoms with Crippen molar-refractivity contribution in [3.05, 3.63) is 0 Å². The van der Waals surface area contributed by atoms with Crippen LogP contribution in [0.5, 0.6) is 0 Å². The van der Waals surface area contributed by atoms with Crippen LogP contribution < -0.4 is 0 Å². The standard InChI is InChI=1S/C9H16BrNO2/c1-7-3-4-11(9(12)5-10)6-8(7)13-2/h7-8H,3-6H2,1-2H3. The van der Waals surface area contributed by atoms with Crippen molar-refractivity contribution < 1.29 is 9.53 Å².